The number of aliphatic hydroxyl groups is 1. The van der Waals surface area contributed by atoms with Crippen LogP contribution in [0.3, 0.4) is 0 Å². The highest BCUT2D eigenvalue weighted by Crippen LogP contribution is 2.23. The van der Waals surface area contributed by atoms with E-state index in [4.69, 9.17) is 11.6 Å². The van der Waals surface area contributed by atoms with E-state index < -0.39 is 0 Å². The average molecular weight is 298 g/mol. The summed E-state index contributed by atoms with van der Waals surface area (Å²) in [4.78, 5) is 18.2. The third-order valence-corrected chi connectivity index (χ3v) is 4.18. The maximum absolute atomic E-state index is 12.2. The Morgan fingerprint density at radius 1 is 1.60 bits per heavy atom. The average Bonchev–Trinajstić information content (AvgIpc) is 2.90. The molecule has 2 heterocycles. The zero-order valence-electron chi connectivity index (χ0n) is 11.7. The van der Waals surface area contributed by atoms with E-state index in [0.717, 1.165) is 19.5 Å². The molecule has 3 atom stereocenters. The van der Waals surface area contributed by atoms with Crippen molar-refractivity contribution in [1.29, 1.82) is 0 Å². The van der Waals surface area contributed by atoms with Crippen LogP contribution in [0, 0.1) is 5.92 Å². The number of pyridine rings is 1. The highest BCUT2D eigenvalue weighted by atomic mass is 35.5. The number of hydrogen-bond acceptors (Lipinski definition) is 4. The molecular weight excluding hydrogens is 278 g/mol. The van der Waals surface area contributed by atoms with Crippen molar-refractivity contribution in [2.75, 3.05) is 18.4 Å². The van der Waals surface area contributed by atoms with Gasteiger partial charge in [-0.05, 0) is 44.9 Å². The van der Waals surface area contributed by atoms with Crippen molar-refractivity contribution in [3.63, 3.8) is 0 Å². The summed E-state index contributed by atoms with van der Waals surface area (Å²) >= 11 is 5.92. The van der Waals surface area contributed by atoms with E-state index in [0.29, 0.717) is 5.69 Å². The number of hydrogen-bond donors (Lipinski definition) is 2. The number of nitrogens with zero attached hydrogens (tertiary/aromatic N) is 2. The number of aromatic nitrogens is 1. The monoisotopic (exact) mass is 297 g/mol. The number of carbonyl (C=O) groups excluding carboxylic acids is 1. The van der Waals surface area contributed by atoms with E-state index in [1.54, 1.807) is 25.3 Å². The molecule has 20 heavy (non-hydrogen) atoms. The summed E-state index contributed by atoms with van der Waals surface area (Å²) in [5, 5.41) is 12.7. The Labute approximate surface area is 123 Å². The summed E-state index contributed by atoms with van der Waals surface area (Å²) in [5.41, 5.74) is 0.525. The van der Waals surface area contributed by atoms with Crippen LogP contribution >= 0.6 is 11.6 Å². The van der Waals surface area contributed by atoms with Crippen molar-refractivity contribution >= 4 is 23.2 Å². The van der Waals surface area contributed by atoms with Crippen LogP contribution in [0.1, 0.15) is 20.3 Å². The number of aliphatic hydroxyl groups excluding tert-OH is 1. The molecule has 0 aliphatic carbocycles. The number of rotatable bonds is 4. The Kier molecular flexibility index (Phi) is 4.96. The van der Waals surface area contributed by atoms with Crippen LogP contribution in [-0.2, 0) is 4.79 Å². The van der Waals surface area contributed by atoms with Crippen LogP contribution in [0.15, 0.2) is 18.3 Å². The van der Waals surface area contributed by atoms with E-state index in [1.165, 1.54) is 0 Å². The molecule has 0 saturated carbocycles. The quantitative estimate of drug-likeness (QED) is 0.831. The maximum Gasteiger partial charge on any atom is 0.241 e. The maximum atomic E-state index is 12.2. The lowest BCUT2D eigenvalue weighted by molar-refractivity contribution is -0.120. The Hall–Kier alpha value is -1.17. The van der Waals surface area contributed by atoms with E-state index in [2.05, 4.69) is 15.2 Å². The molecule has 1 aromatic heterocycles. The van der Waals surface area contributed by atoms with Gasteiger partial charge in [-0.25, -0.2) is 4.98 Å². The lowest BCUT2D eigenvalue weighted by atomic mass is 10.0. The Balaban J connectivity index is 1.95. The smallest absolute Gasteiger partial charge is 0.241 e. The van der Waals surface area contributed by atoms with Crippen LogP contribution < -0.4 is 5.32 Å². The topological polar surface area (TPSA) is 65.5 Å². The number of halogens is 1. The molecule has 1 saturated heterocycles. The number of amides is 1. The summed E-state index contributed by atoms with van der Waals surface area (Å²) in [7, 11) is 0. The van der Waals surface area contributed by atoms with Gasteiger partial charge in [0.2, 0.25) is 5.91 Å². The van der Waals surface area contributed by atoms with Gasteiger partial charge in [0.1, 0.15) is 0 Å². The minimum absolute atomic E-state index is 0.105. The van der Waals surface area contributed by atoms with Crippen LogP contribution in [-0.4, -0.2) is 46.1 Å². The number of carbonyl (C=O) groups is 1. The highest BCUT2D eigenvalue weighted by Gasteiger charge is 2.31. The first kappa shape index (κ1) is 15.2. The second-order valence-corrected chi connectivity index (χ2v) is 5.65. The van der Waals surface area contributed by atoms with E-state index in [1.807, 2.05) is 6.92 Å². The van der Waals surface area contributed by atoms with Crippen molar-refractivity contribution in [2.45, 2.75) is 32.4 Å². The fraction of sp³-hybridized carbons (Fsp3) is 0.571. The second-order valence-electron chi connectivity index (χ2n) is 5.29. The zero-order valence-corrected chi connectivity index (χ0v) is 12.5. The van der Waals surface area contributed by atoms with Gasteiger partial charge in [-0.1, -0.05) is 11.6 Å². The second kappa shape index (κ2) is 6.52. The van der Waals surface area contributed by atoms with E-state index in [9.17, 15) is 9.90 Å². The summed E-state index contributed by atoms with van der Waals surface area (Å²) in [6, 6.07) is 3.20. The van der Waals surface area contributed by atoms with Gasteiger partial charge in [0.25, 0.3) is 0 Å². The first-order chi connectivity index (χ1) is 9.49. The predicted molar refractivity (Wildman–Crippen MR) is 78.7 cm³/mol. The Morgan fingerprint density at radius 2 is 2.35 bits per heavy atom. The van der Waals surface area contributed by atoms with Gasteiger partial charge < -0.3 is 10.4 Å². The Morgan fingerprint density at radius 3 is 2.95 bits per heavy atom. The van der Waals surface area contributed by atoms with E-state index in [-0.39, 0.29) is 29.1 Å². The van der Waals surface area contributed by atoms with Gasteiger partial charge in [0, 0.05) is 12.7 Å². The molecule has 3 unspecified atom stereocenters. The predicted octanol–water partition coefficient (Wildman–Crippen LogP) is 1.76. The van der Waals surface area contributed by atoms with Crippen molar-refractivity contribution in [2.24, 2.45) is 5.92 Å². The standard InChI is InChI=1S/C14H20ClN3O2/c1-9(18-7-5-11(8-18)10(2)19)14(20)17-12-4-3-6-16-13(12)15/h3-4,6,9-11,19H,5,7-8H2,1-2H3,(H,17,20). The van der Waals surface area contributed by atoms with Crippen LogP contribution in [0.25, 0.3) is 0 Å². The molecule has 0 radical (unpaired) electrons. The Bertz CT molecular complexity index is 481. The molecule has 110 valence electrons. The van der Waals surface area contributed by atoms with Crippen molar-refractivity contribution in [3.8, 4) is 0 Å². The van der Waals surface area contributed by atoms with Gasteiger partial charge in [-0.2, -0.15) is 0 Å². The zero-order chi connectivity index (χ0) is 14.7. The SMILES string of the molecule is CC(O)C1CCN(C(C)C(=O)Nc2cccnc2Cl)C1. The molecule has 1 aromatic rings. The number of anilines is 1. The minimum Gasteiger partial charge on any atom is -0.393 e. The minimum atomic E-state index is -0.331. The first-order valence-electron chi connectivity index (χ1n) is 6.82. The largest absolute Gasteiger partial charge is 0.393 e. The van der Waals surface area contributed by atoms with Crippen molar-refractivity contribution in [3.05, 3.63) is 23.5 Å². The molecule has 0 bridgehead atoms. The van der Waals surface area contributed by atoms with Gasteiger partial charge in [0.15, 0.2) is 5.15 Å². The fourth-order valence-electron chi connectivity index (χ4n) is 2.44. The fourth-order valence-corrected chi connectivity index (χ4v) is 2.61. The molecule has 1 aliphatic heterocycles. The van der Waals surface area contributed by atoms with Gasteiger partial charge in [-0.3, -0.25) is 9.69 Å². The lowest BCUT2D eigenvalue weighted by Gasteiger charge is -2.24. The normalized spacial score (nSPS) is 22.5. The molecule has 0 aromatic carbocycles. The number of nitrogens with one attached hydrogen (secondary N) is 1. The van der Waals surface area contributed by atoms with Crippen LogP contribution in [0.2, 0.25) is 5.15 Å². The van der Waals surface area contributed by atoms with Crippen molar-refractivity contribution in [1.82, 2.24) is 9.88 Å². The summed E-state index contributed by atoms with van der Waals surface area (Å²) in [6.07, 6.45) is 2.17. The van der Waals surface area contributed by atoms with Gasteiger partial charge in [-0.15, -0.1) is 0 Å². The van der Waals surface area contributed by atoms with Crippen LogP contribution in [0.4, 0.5) is 5.69 Å². The molecule has 6 heteroatoms. The third kappa shape index (κ3) is 3.48. The summed E-state index contributed by atoms with van der Waals surface area (Å²) in [5.74, 6) is 0.137. The molecule has 1 amide bonds. The van der Waals surface area contributed by atoms with Crippen molar-refractivity contribution < 1.29 is 9.90 Å². The molecule has 0 spiro atoms. The van der Waals surface area contributed by atoms with Gasteiger partial charge >= 0.3 is 0 Å². The molecule has 1 aliphatic rings. The molecule has 2 rings (SSSR count). The summed E-state index contributed by atoms with van der Waals surface area (Å²) in [6.45, 7) is 5.23. The molecule has 1 fully saturated rings. The first-order valence-corrected chi connectivity index (χ1v) is 7.20. The molecule has 5 nitrogen and oxygen atoms in total. The van der Waals surface area contributed by atoms with Crippen LogP contribution in [0.5, 0.6) is 0 Å². The third-order valence-electron chi connectivity index (χ3n) is 3.88. The molecule has 2 N–H and O–H groups in total. The highest BCUT2D eigenvalue weighted by molar-refractivity contribution is 6.32. The molecular formula is C14H20ClN3O2. The summed E-state index contributed by atoms with van der Waals surface area (Å²) < 4.78 is 0. The number of likely N-dealkylation sites (tertiary alicyclic amines) is 1. The van der Waals surface area contributed by atoms with Gasteiger partial charge in [0.05, 0.1) is 17.8 Å². The van der Waals surface area contributed by atoms with E-state index >= 15 is 0 Å². The lowest BCUT2D eigenvalue weighted by Crippen LogP contribution is -2.41.